The Bertz CT molecular complexity index is 4130. The molecule has 0 bridgehead atoms. The SMILES string of the molecule is CC(=O)Oc1cccc(C(=O)NCCNC(=O)CN2CCN(CC(=O)NCCCC(=O)NC(C(=O)N[C@@H]3C(=O)N4[C@@H]3SC(C)(C)[C@@H]4C(=O)O)c3ccccc3)CCN(CC(=O)NCCNC(=O)c3cccc(OC(C)=O)c3OC(C)=O)CCN(CC(=O)NCCNC(=O)c3cccc(OC(C)=O)c3OC(C)=O)CC2)c1OC(C)=O. The van der Waals surface area contributed by atoms with E-state index in [0.29, 0.717) is 5.56 Å². The zero-order valence-electron chi connectivity index (χ0n) is 64.2. The molecule has 4 aromatic rings. The smallest absolute Gasteiger partial charge is 0.327 e. The second-order valence-corrected chi connectivity index (χ2v) is 28.6. The summed E-state index contributed by atoms with van der Waals surface area (Å²) in [4.78, 5) is 229. The van der Waals surface area contributed by atoms with Crippen molar-refractivity contribution in [2.45, 2.75) is 96.5 Å². The van der Waals surface area contributed by atoms with Crippen LogP contribution in [0.25, 0.3) is 0 Å². The van der Waals surface area contributed by atoms with E-state index in [-0.39, 0.29) is 188 Å². The zero-order valence-corrected chi connectivity index (χ0v) is 65.0. The molecule has 614 valence electrons. The summed E-state index contributed by atoms with van der Waals surface area (Å²) >= 11 is 1.25. The molecule has 3 aliphatic heterocycles. The predicted octanol–water partition coefficient (Wildman–Crippen LogP) is -1.22. The number of β-lactam (4-membered cyclic amide) rings is 1. The summed E-state index contributed by atoms with van der Waals surface area (Å²) in [6, 6.07) is 17.1. The third-order valence-corrected chi connectivity index (χ3v) is 18.9. The van der Waals surface area contributed by atoms with Gasteiger partial charge in [-0.3, -0.25) is 96.3 Å². The molecule has 0 aliphatic carbocycles. The Balaban J connectivity index is 1.05. The highest BCUT2D eigenvalue weighted by Crippen LogP contribution is 2.51. The van der Waals surface area contributed by atoms with Gasteiger partial charge in [-0.15, -0.1) is 11.8 Å². The van der Waals surface area contributed by atoms with Crippen LogP contribution in [0.15, 0.2) is 84.9 Å². The Morgan fingerprint density at radius 2 is 0.754 bits per heavy atom. The number of thioether (sulfide) groups is 1. The number of nitrogens with one attached hydrogen (secondary N) is 9. The molecule has 10 amide bonds. The summed E-state index contributed by atoms with van der Waals surface area (Å²) in [6.07, 6.45) is -0.0759. The Morgan fingerprint density at radius 3 is 1.08 bits per heavy atom. The zero-order chi connectivity index (χ0) is 83.3. The van der Waals surface area contributed by atoms with E-state index in [9.17, 15) is 86.6 Å². The molecule has 39 heteroatoms. The summed E-state index contributed by atoms with van der Waals surface area (Å²) < 4.78 is 30.3. The monoisotopic (exact) mass is 1610 g/mol. The van der Waals surface area contributed by atoms with Gasteiger partial charge in [-0.25, -0.2) is 4.79 Å². The van der Waals surface area contributed by atoms with E-state index in [2.05, 4.69) is 47.9 Å². The topological polar surface area (TPSA) is 490 Å². The van der Waals surface area contributed by atoms with Crippen molar-refractivity contribution >= 4 is 113 Å². The lowest BCUT2D eigenvalue weighted by Gasteiger charge is -2.44. The Labute approximate surface area is 659 Å². The number of hydrogen-bond donors (Lipinski definition) is 10. The molecule has 1 unspecified atom stereocenters. The molecule has 38 nitrogen and oxygen atoms in total. The first-order valence-corrected chi connectivity index (χ1v) is 37.2. The van der Waals surface area contributed by atoms with Crippen LogP contribution in [0.3, 0.4) is 0 Å². The standard InChI is InChI=1S/C75H94N14O24S/c1-44(90)108-54-21-12-18-51(64(54)111-47(4)93)68(101)80-29-26-77-59(98)41-86-34-32-85(40-58(97)76-25-15-24-57(96)83-62(50-16-10-9-11-17-50)71(104)84-63-72(105)89-67(74(106)107)75(7,8)114-73(63)89)33-35-87(42-60(99)78-27-30-81-69(102)52-19-13-22-55(109-45(2)91)65(52)112-48(5)94)37-39-88(38-36-86)43-61(100)79-28-31-82-70(103)53-20-14-23-56(110-46(3)92)66(53)113-49(6)95/h9-14,16-23,62-63,67,73H,15,24-43H2,1-8H3,(H,76,97)(H,77,98)(H,78,99)(H,79,100)(H,80,101)(H,81,102)(H,82,103)(H,83,96)(H,84,104)(H,106,107)/t62?,63-,67+,73-/m1/s1. The molecule has 3 aliphatic rings. The van der Waals surface area contributed by atoms with Crippen LogP contribution in [-0.4, -0.2) is 277 Å². The summed E-state index contributed by atoms with van der Waals surface area (Å²) in [5, 5.41) is 33.8. The number of aliphatic carboxylic acids is 1. The normalized spacial score (nSPS) is 16.6. The number of carboxylic acid groups (broad SMARTS) is 1. The van der Waals surface area contributed by atoms with Crippen LogP contribution < -0.4 is 76.3 Å². The Hall–Kier alpha value is -11.9. The maximum Gasteiger partial charge on any atom is 0.327 e. The lowest BCUT2D eigenvalue weighted by Crippen LogP contribution is -2.71. The van der Waals surface area contributed by atoms with Crippen molar-refractivity contribution in [1.29, 1.82) is 0 Å². The van der Waals surface area contributed by atoms with Gasteiger partial charge >= 0.3 is 41.8 Å². The van der Waals surface area contributed by atoms with Crippen LogP contribution in [0.5, 0.6) is 34.5 Å². The predicted molar refractivity (Wildman–Crippen MR) is 404 cm³/mol. The number of fused-ring (bicyclic) bond motifs is 1. The van der Waals surface area contributed by atoms with Gasteiger partial charge in [-0.1, -0.05) is 48.5 Å². The minimum absolute atomic E-state index is 0.0142. The summed E-state index contributed by atoms with van der Waals surface area (Å²) in [5.74, 6) is -13.3. The fourth-order valence-electron chi connectivity index (χ4n) is 12.2. The van der Waals surface area contributed by atoms with Crippen LogP contribution in [0.1, 0.15) is 111 Å². The first-order chi connectivity index (χ1) is 54.2. The number of benzene rings is 4. The lowest BCUT2D eigenvalue weighted by molar-refractivity contribution is -0.161. The van der Waals surface area contributed by atoms with Crippen molar-refractivity contribution < 1.29 is 115 Å². The first kappa shape index (κ1) is 89.3. The van der Waals surface area contributed by atoms with Gasteiger partial charge in [0.15, 0.2) is 34.5 Å². The van der Waals surface area contributed by atoms with Crippen LogP contribution >= 0.6 is 11.8 Å². The summed E-state index contributed by atoms with van der Waals surface area (Å²) in [5.41, 5.74) is -0.0292. The number of para-hydroxylation sites is 3. The number of carbonyl (C=O) groups is 17. The second kappa shape index (κ2) is 43.2. The van der Waals surface area contributed by atoms with Crippen molar-refractivity contribution in [2.75, 3.05) is 124 Å². The molecule has 3 heterocycles. The van der Waals surface area contributed by atoms with E-state index in [0.717, 1.165) is 41.5 Å². The van der Waals surface area contributed by atoms with Gasteiger partial charge in [-0.05, 0) is 62.2 Å². The number of hydrogen-bond acceptors (Lipinski definition) is 28. The molecule has 0 radical (unpaired) electrons. The van der Waals surface area contributed by atoms with Crippen LogP contribution in [-0.2, 0) is 67.1 Å². The van der Waals surface area contributed by atoms with Gasteiger partial charge in [0.05, 0.1) is 42.9 Å². The van der Waals surface area contributed by atoms with Gasteiger partial charge in [-0.2, -0.15) is 0 Å². The largest absolute Gasteiger partial charge is 0.480 e. The van der Waals surface area contributed by atoms with Gasteiger partial charge < -0.3 is 86.3 Å². The van der Waals surface area contributed by atoms with Crippen molar-refractivity contribution in [3.8, 4) is 34.5 Å². The molecule has 7 rings (SSSR count). The molecule has 4 atom stereocenters. The maximum atomic E-state index is 14.0. The van der Waals surface area contributed by atoms with Crippen LogP contribution in [0, 0.1) is 0 Å². The van der Waals surface area contributed by atoms with E-state index in [1.807, 2.05) is 0 Å². The quantitative estimate of drug-likeness (QED) is 0.0112. The van der Waals surface area contributed by atoms with Gasteiger partial charge in [0.25, 0.3) is 17.7 Å². The number of amides is 10. The highest BCUT2D eigenvalue weighted by Gasteiger charge is 2.64. The molecule has 4 aromatic carbocycles. The van der Waals surface area contributed by atoms with Gasteiger partial charge in [0.1, 0.15) is 23.5 Å². The number of ether oxygens (including phenoxy) is 6. The van der Waals surface area contributed by atoms with Crippen molar-refractivity contribution in [3.63, 3.8) is 0 Å². The second-order valence-electron chi connectivity index (χ2n) is 26.8. The molecular formula is C75H94N14O24S. The fraction of sp³-hybridized carbons (Fsp3) is 0.453. The van der Waals surface area contributed by atoms with E-state index < -0.39 is 129 Å². The summed E-state index contributed by atoms with van der Waals surface area (Å²) in [7, 11) is 0. The van der Waals surface area contributed by atoms with E-state index in [4.69, 9.17) is 28.4 Å². The van der Waals surface area contributed by atoms with Gasteiger partial charge in [0.2, 0.25) is 41.4 Å². The third kappa shape index (κ3) is 27.5. The van der Waals surface area contributed by atoms with Crippen LogP contribution in [0.4, 0.5) is 0 Å². The van der Waals surface area contributed by atoms with Gasteiger partial charge in [0, 0.05) is 151 Å². The minimum atomic E-state index is -1.26. The number of esters is 6. The molecule has 3 fully saturated rings. The Kier molecular flexibility index (Phi) is 33.8. The van der Waals surface area contributed by atoms with Crippen molar-refractivity contribution in [3.05, 3.63) is 107 Å². The molecule has 0 spiro atoms. The van der Waals surface area contributed by atoms with Crippen molar-refractivity contribution in [1.82, 2.24) is 72.4 Å². The lowest BCUT2D eigenvalue weighted by atomic mass is 9.95. The van der Waals surface area contributed by atoms with E-state index >= 15 is 0 Å². The number of nitrogens with zero attached hydrogens (tertiary/aromatic N) is 5. The average molecular weight is 1610 g/mol. The molecule has 0 aromatic heterocycles. The fourth-order valence-corrected chi connectivity index (χ4v) is 13.9. The maximum absolute atomic E-state index is 14.0. The number of rotatable bonds is 35. The average Bonchev–Trinajstić information content (AvgIpc) is 1.55. The highest BCUT2D eigenvalue weighted by atomic mass is 32.2. The molecule has 0 saturated carbocycles. The molecule has 10 N–H and O–H groups in total. The minimum Gasteiger partial charge on any atom is -0.480 e. The van der Waals surface area contributed by atoms with E-state index in [1.165, 1.54) is 71.3 Å². The molecule has 114 heavy (non-hydrogen) atoms. The Morgan fingerprint density at radius 1 is 0.430 bits per heavy atom. The number of carboxylic acids is 1. The van der Waals surface area contributed by atoms with Crippen molar-refractivity contribution in [2.24, 2.45) is 0 Å². The third-order valence-electron chi connectivity index (χ3n) is 17.3. The summed E-state index contributed by atoms with van der Waals surface area (Å²) in [6.45, 7) is 9.25. The highest BCUT2D eigenvalue weighted by molar-refractivity contribution is 8.01. The molecule has 3 saturated heterocycles. The first-order valence-electron chi connectivity index (χ1n) is 36.4. The van der Waals surface area contributed by atoms with Crippen LogP contribution in [0.2, 0.25) is 0 Å². The number of carbonyl (C=O) groups excluding carboxylic acids is 16. The van der Waals surface area contributed by atoms with E-state index in [1.54, 1.807) is 63.8 Å². The molecular weight excluding hydrogens is 1510 g/mol.